The average molecular weight is 447 g/mol. The van der Waals surface area contributed by atoms with Gasteiger partial charge in [-0.15, -0.1) is 24.8 Å². The number of rotatable bonds is 3. The van der Waals surface area contributed by atoms with Gasteiger partial charge in [-0.3, -0.25) is 4.90 Å². The second-order valence-electron chi connectivity index (χ2n) is 5.85. The molecule has 0 aliphatic carbocycles. The maximum atomic E-state index is 6.54. The van der Waals surface area contributed by atoms with Crippen LogP contribution < -0.4 is 5.32 Å². The molecule has 2 heterocycles. The van der Waals surface area contributed by atoms with Crippen molar-refractivity contribution in [3.63, 3.8) is 0 Å². The summed E-state index contributed by atoms with van der Waals surface area (Å²) >= 11 is 10.1. The van der Waals surface area contributed by atoms with E-state index in [-0.39, 0.29) is 24.8 Å². The summed E-state index contributed by atoms with van der Waals surface area (Å²) in [5.41, 5.74) is 1.26. The highest BCUT2D eigenvalue weighted by Crippen LogP contribution is 2.39. The van der Waals surface area contributed by atoms with Gasteiger partial charge in [0.25, 0.3) is 0 Å². The first kappa shape index (κ1) is 21.5. The molecule has 0 unspecified atom stereocenters. The Morgan fingerprint density at radius 2 is 1.83 bits per heavy atom. The third-order valence-electron chi connectivity index (χ3n) is 4.53. The zero-order chi connectivity index (χ0) is 14.7. The maximum absolute atomic E-state index is 6.54. The van der Waals surface area contributed by atoms with Gasteiger partial charge in [-0.25, -0.2) is 0 Å². The SMILES string of the molecule is Cl.Cl.Clc1ccc(Br)cc1[C@H](C1CCOCC1)N1CCNCC1. The van der Waals surface area contributed by atoms with Crippen LogP contribution in [0.1, 0.15) is 24.4 Å². The molecule has 0 aromatic heterocycles. The predicted octanol–water partition coefficient (Wildman–Crippen LogP) is 4.32. The molecule has 2 fully saturated rings. The summed E-state index contributed by atoms with van der Waals surface area (Å²) in [6.07, 6.45) is 2.24. The molecule has 1 N–H and O–H groups in total. The molecule has 0 bridgehead atoms. The molecule has 2 saturated heterocycles. The highest BCUT2D eigenvalue weighted by molar-refractivity contribution is 9.10. The Bertz CT molecular complexity index is 462. The standard InChI is InChI=1S/C16H22BrClN2O.2ClH/c17-13-1-2-15(18)14(11-13)16(12-3-9-21-10-4-12)20-7-5-19-6-8-20;;/h1-2,11-12,16,19H,3-10H2;2*1H/t16-;;/m0../s1. The Balaban J connectivity index is 0.00000132. The van der Waals surface area contributed by atoms with Crippen molar-refractivity contribution in [3.05, 3.63) is 33.3 Å². The first-order valence-corrected chi connectivity index (χ1v) is 8.90. The summed E-state index contributed by atoms with van der Waals surface area (Å²) in [7, 11) is 0. The molecule has 0 radical (unpaired) electrons. The van der Waals surface area contributed by atoms with Gasteiger partial charge in [-0.2, -0.15) is 0 Å². The molecule has 1 aromatic rings. The Labute approximate surface area is 164 Å². The van der Waals surface area contributed by atoms with Crippen LogP contribution in [0.5, 0.6) is 0 Å². The van der Waals surface area contributed by atoms with E-state index in [1.54, 1.807) is 0 Å². The molecular weight excluding hydrogens is 422 g/mol. The number of piperazine rings is 1. The molecule has 0 spiro atoms. The van der Waals surface area contributed by atoms with Crippen molar-refractivity contribution in [1.82, 2.24) is 10.2 Å². The van der Waals surface area contributed by atoms with E-state index >= 15 is 0 Å². The van der Waals surface area contributed by atoms with Gasteiger partial charge >= 0.3 is 0 Å². The second-order valence-corrected chi connectivity index (χ2v) is 7.17. The molecule has 132 valence electrons. The van der Waals surface area contributed by atoms with Crippen molar-refractivity contribution >= 4 is 52.3 Å². The number of halogens is 4. The monoisotopic (exact) mass is 444 g/mol. The second kappa shape index (κ2) is 10.4. The van der Waals surface area contributed by atoms with Crippen molar-refractivity contribution in [2.24, 2.45) is 5.92 Å². The Kier molecular flexibility index (Phi) is 9.76. The van der Waals surface area contributed by atoms with Crippen LogP contribution in [0.15, 0.2) is 22.7 Å². The first-order valence-electron chi connectivity index (χ1n) is 7.73. The summed E-state index contributed by atoms with van der Waals surface area (Å²) in [6, 6.07) is 6.63. The molecular formula is C16H24BrCl3N2O. The van der Waals surface area contributed by atoms with E-state index in [9.17, 15) is 0 Å². The molecule has 3 rings (SSSR count). The quantitative estimate of drug-likeness (QED) is 0.749. The van der Waals surface area contributed by atoms with Crippen LogP contribution in [0.2, 0.25) is 5.02 Å². The van der Waals surface area contributed by atoms with E-state index in [0.29, 0.717) is 12.0 Å². The fourth-order valence-corrected chi connectivity index (χ4v) is 4.09. The van der Waals surface area contributed by atoms with Crippen LogP contribution in [0.25, 0.3) is 0 Å². The molecule has 1 atom stereocenters. The molecule has 3 nitrogen and oxygen atoms in total. The van der Waals surface area contributed by atoms with Crippen molar-refractivity contribution in [1.29, 1.82) is 0 Å². The lowest BCUT2D eigenvalue weighted by Crippen LogP contribution is -2.47. The van der Waals surface area contributed by atoms with Crippen LogP contribution >= 0.6 is 52.3 Å². The highest BCUT2D eigenvalue weighted by Gasteiger charge is 2.32. The van der Waals surface area contributed by atoms with Crippen LogP contribution in [-0.4, -0.2) is 44.3 Å². The van der Waals surface area contributed by atoms with Gasteiger partial charge in [0.1, 0.15) is 0 Å². The van der Waals surface area contributed by atoms with Gasteiger partial charge in [-0.05, 0) is 42.5 Å². The van der Waals surface area contributed by atoms with Gasteiger partial charge in [0.15, 0.2) is 0 Å². The summed E-state index contributed by atoms with van der Waals surface area (Å²) < 4.78 is 6.66. The molecule has 2 aliphatic heterocycles. The number of nitrogens with one attached hydrogen (secondary N) is 1. The van der Waals surface area contributed by atoms with Gasteiger partial charge in [-0.1, -0.05) is 27.5 Å². The van der Waals surface area contributed by atoms with Gasteiger partial charge < -0.3 is 10.1 Å². The number of hydrogen-bond donors (Lipinski definition) is 1. The lowest BCUT2D eigenvalue weighted by molar-refractivity contribution is 0.0213. The Morgan fingerprint density at radius 1 is 1.17 bits per heavy atom. The minimum atomic E-state index is 0. The van der Waals surface area contributed by atoms with Crippen LogP contribution in [0.3, 0.4) is 0 Å². The van der Waals surface area contributed by atoms with E-state index in [1.165, 1.54) is 5.56 Å². The minimum absolute atomic E-state index is 0. The number of hydrogen-bond acceptors (Lipinski definition) is 3. The third kappa shape index (κ3) is 5.46. The summed E-state index contributed by atoms with van der Waals surface area (Å²) in [5.74, 6) is 0.628. The fraction of sp³-hybridized carbons (Fsp3) is 0.625. The van der Waals surface area contributed by atoms with Gasteiger partial charge in [0.05, 0.1) is 0 Å². The van der Waals surface area contributed by atoms with Crippen LogP contribution in [0, 0.1) is 5.92 Å². The van der Waals surface area contributed by atoms with Crippen LogP contribution in [-0.2, 0) is 4.74 Å². The molecule has 7 heteroatoms. The number of benzene rings is 1. The third-order valence-corrected chi connectivity index (χ3v) is 5.37. The Morgan fingerprint density at radius 3 is 2.48 bits per heavy atom. The zero-order valence-corrected chi connectivity index (χ0v) is 16.9. The molecule has 0 amide bonds. The van der Waals surface area contributed by atoms with E-state index in [1.807, 2.05) is 12.1 Å². The van der Waals surface area contributed by atoms with Crippen molar-refractivity contribution < 1.29 is 4.74 Å². The Hall–Kier alpha value is 0.450. The first-order chi connectivity index (χ1) is 10.3. The normalized spacial score (nSPS) is 21.1. The smallest absolute Gasteiger partial charge is 0.0469 e. The summed E-state index contributed by atoms with van der Waals surface area (Å²) in [6.45, 7) is 6.05. The van der Waals surface area contributed by atoms with Crippen molar-refractivity contribution in [2.75, 3.05) is 39.4 Å². The summed E-state index contributed by atoms with van der Waals surface area (Å²) in [4.78, 5) is 2.60. The fourth-order valence-electron chi connectivity index (χ4n) is 3.48. The molecule has 23 heavy (non-hydrogen) atoms. The van der Waals surface area contributed by atoms with Crippen molar-refractivity contribution in [3.8, 4) is 0 Å². The van der Waals surface area contributed by atoms with E-state index in [0.717, 1.165) is 61.7 Å². The largest absolute Gasteiger partial charge is 0.381 e. The average Bonchev–Trinajstić information content (AvgIpc) is 2.53. The number of ether oxygens (including phenoxy) is 1. The minimum Gasteiger partial charge on any atom is -0.381 e. The highest BCUT2D eigenvalue weighted by atomic mass is 79.9. The zero-order valence-electron chi connectivity index (χ0n) is 13.0. The van der Waals surface area contributed by atoms with Gasteiger partial charge in [0, 0.05) is 54.9 Å². The lowest BCUT2D eigenvalue weighted by atomic mass is 9.85. The van der Waals surface area contributed by atoms with E-state index in [2.05, 4.69) is 32.2 Å². The lowest BCUT2D eigenvalue weighted by Gasteiger charge is -2.41. The van der Waals surface area contributed by atoms with Crippen LogP contribution in [0.4, 0.5) is 0 Å². The van der Waals surface area contributed by atoms with Gasteiger partial charge in [0.2, 0.25) is 0 Å². The molecule has 1 aromatic carbocycles. The maximum Gasteiger partial charge on any atom is 0.0469 e. The van der Waals surface area contributed by atoms with E-state index < -0.39 is 0 Å². The van der Waals surface area contributed by atoms with E-state index in [4.69, 9.17) is 16.3 Å². The molecule has 2 aliphatic rings. The molecule has 0 saturated carbocycles. The predicted molar refractivity (Wildman–Crippen MR) is 104 cm³/mol. The topological polar surface area (TPSA) is 24.5 Å². The number of nitrogens with zero attached hydrogens (tertiary/aromatic N) is 1. The van der Waals surface area contributed by atoms with Crippen molar-refractivity contribution in [2.45, 2.75) is 18.9 Å². The summed E-state index contributed by atoms with van der Waals surface area (Å²) in [5, 5.41) is 4.32.